The van der Waals surface area contributed by atoms with Gasteiger partial charge in [0.05, 0.1) is 18.1 Å². The van der Waals surface area contributed by atoms with Gasteiger partial charge in [-0.05, 0) is 45.2 Å². The third-order valence-corrected chi connectivity index (χ3v) is 6.80. The average molecular weight is 345 g/mol. The first-order valence-corrected chi connectivity index (χ1v) is 11.0. The van der Waals surface area contributed by atoms with Gasteiger partial charge in [-0.25, -0.2) is 8.42 Å². The molecule has 0 aromatic rings. The zero-order chi connectivity index (χ0) is 16.9. The van der Waals surface area contributed by atoms with E-state index in [1.807, 2.05) is 4.90 Å². The first-order valence-electron chi connectivity index (χ1n) is 9.20. The van der Waals surface area contributed by atoms with E-state index < -0.39 is 9.84 Å². The molecule has 6 heteroatoms. The van der Waals surface area contributed by atoms with Gasteiger partial charge in [-0.15, -0.1) is 0 Å². The molecule has 1 heterocycles. The van der Waals surface area contributed by atoms with E-state index in [1.54, 1.807) is 0 Å². The molecule has 0 bridgehead atoms. The summed E-state index contributed by atoms with van der Waals surface area (Å²) < 4.78 is 23.7. The van der Waals surface area contributed by atoms with Crippen LogP contribution in [0.25, 0.3) is 0 Å². The van der Waals surface area contributed by atoms with Crippen LogP contribution in [0.5, 0.6) is 0 Å². The van der Waals surface area contributed by atoms with E-state index in [-0.39, 0.29) is 29.5 Å². The van der Waals surface area contributed by atoms with Crippen molar-refractivity contribution in [1.29, 1.82) is 0 Å². The summed E-state index contributed by atoms with van der Waals surface area (Å²) in [5.74, 6) is 0.541. The summed E-state index contributed by atoms with van der Waals surface area (Å²) in [7, 11) is -2.96. The molecular weight excluding hydrogens is 312 g/mol. The molecule has 1 atom stereocenters. The third kappa shape index (κ3) is 5.18. The van der Waals surface area contributed by atoms with Crippen LogP contribution in [-0.2, 0) is 14.6 Å². The predicted molar refractivity (Wildman–Crippen MR) is 93.2 cm³/mol. The largest absolute Gasteiger partial charge is 0.335 e. The lowest BCUT2D eigenvalue weighted by molar-refractivity contribution is -0.136. The quantitative estimate of drug-likeness (QED) is 0.676. The number of rotatable bonds is 8. The summed E-state index contributed by atoms with van der Waals surface area (Å²) in [5, 5.41) is 0. The molecule has 2 rings (SSSR count). The van der Waals surface area contributed by atoms with Crippen LogP contribution in [0.2, 0.25) is 0 Å². The Balaban J connectivity index is 2.08. The molecule has 1 aliphatic carbocycles. The first kappa shape index (κ1) is 18.7. The Hall–Kier alpha value is -0.620. The Morgan fingerprint density at radius 2 is 1.61 bits per heavy atom. The summed E-state index contributed by atoms with van der Waals surface area (Å²) in [6.07, 6.45) is 7.06. The molecule has 1 aliphatic heterocycles. The molecule has 1 amide bonds. The van der Waals surface area contributed by atoms with E-state index >= 15 is 0 Å². The molecule has 1 saturated carbocycles. The molecule has 0 radical (unpaired) electrons. The van der Waals surface area contributed by atoms with Crippen molar-refractivity contribution in [1.82, 2.24) is 9.80 Å². The van der Waals surface area contributed by atoms with Gasteiger partial charge in [0.1, 0.15) is 0 Å². The van der Waals surface area contributed by atoms with Crippen LogP contribution in [0.15, 0.2) is 0 Å². The lowest BCUT2D eigenvalue weighted by Crippen LogP contribution is -2.50. The lowest BCUT2D eigenvalue weighted by Gasteiger charge is -2.35. The van der Waals surface area contributed by atoms with E-state index in [4.69, 9.17) is 0 Å². The number of sulfone groups is 1. The minimum atomic E-state index is -2.96. The topological polar surface area (TPSA) is 57.7 Å². The van der Waals surface area contributed by atoms with Crippen LogP contribution in [-0.4, -0.2) is 67.3 Å². The number of hydrogen-bond donors (Lipinski definition) is 0. The molecule has 2 aliphatic rings. The highest BCUT2D eigenvalue weighted by molar-refractivity contribution is 7.91. The van der Waals surface area contributed by atoms with E-state index in [9.17, 15) is 13.2 Å². The molecule has 1 saturated heterocycles. The molecule has 134 valence electrons. The van der Waals surface area contributed by atoms with Crippen molar-refractivity contribution in [2.75, 3.05) is 31.1 Å². The predicted octanol–water partition coefficient (Wildman–Crippen LogP) is 2.07. The number of carbonyl (C=O) groups excluding carboxylic acids is 1. The molecule has 2 fully saturated rings. The van der Waals surface area contributed by atoms with Crippen molar-refractivity contribution in [3.05, 3.63) is 0 Å². The Kier molecular flexibility index (Phi) is 6.89. The second-order valence-electron chi connectivity index (χ2n) is 7.07. The van der Waals surface area contributed by atoms with Gasteiger partial charge in [-0.2, -0.15) is 0 Å². The molecule has 0 aromatic carbocycles. The maximum atomic E-state index is 13.0. The number of nitrogens with zero attached hydrogens (tertiary/aromatic N) is 2. The van der Waals surface area contributed by atoms with E-state index in [2.05, 4.69) is 18.7 Å². The third-order valence-electron chi connectivity index (χ3n) is 5.05. The second-order valence-corrected chi connectivity index (χ2v) is 9.30. The highest BCUT2D eigenvalue weighted by Gasteiger charge is 2.39. The van der Waals surface area contributed by atoms with Gasteiger partial charge in [-0.1, -0.05) is 26.7 Å². The van der Waals surface area contributed by atoms with Crippen LogP contribution < -0.4 is 0 Å². The van der Waals surface area contributed by atoms with Gasteiger partial charge < -0.3 is 4.90 Å². The Labute approximate surface area is 141 Å². The summed E-state index contributed by atoms with van der Waals surface area (Å²) in [4.78, 5) is 17.2. The van der Waals surface area contributed by atoms with Crippen molar-refractivity contribution in [2.45, 2.75) is 70.9 Å². The smallest absolute Gasteiger partial charge is 0.237 e. The van der Waals surface area contributed by atoms with Crippen LogP contribution in [0.1, 0.15) is 58.8 Å². The van der Waals surface area contributed by atoms with E-state index in [0.29, 0.717) is 13.0 Å². The van der Waals surface area contributed by atoms with Crippen molar-refractivity contribution in [3.8, 4) is 0 Å². The molecule has 0 aromatic heterocycles. The highest BCUT2D eigenvalue weighted by atomic mass is 32.2. The highest BCUT2D eigenvalue weighted by Crippen LogP contribution is 2.29. The summed E-state index contributed by atoms with van der Waals surface area (Å²) in [5.41, 5.74) is 0. The Bertz CT molecular complexity index is 480. The summed E-state index contributed by atoms with van der Waals surface area (Å²) in [6, 6.07) is 0.159. The van der Waals surface area contributed by atoms with Gasteiger partial charge in [0, 0.05) is 12.1 Å². The van der Waals surface area contributed by atoms with Gasteiger partial charge >= 0.3 is 0 Å². The molecule has 0 spiro atoms. The Morgan fingerprint density at radius 3 is 2.09 bits per heavy atom. The maximum absolute atomic E-state index is 13.0. The number of hydrogen-bond acceptors (Lipinski definition) is 4. The van der Waals surface area contributed by atoms with Gasteiger partial charge in [-0.3, -0.25) is 9.69 Å². The molecule has 23 heavy (non-hydrogen) atoms. The van der Waals surface area contributed by atoms with Crippen LogP contribution in [0.4, 0.5) is 0 Å². The zero-order valence-electron chi connectivity index (χ0n) is 14.7. The minimum absolute atomic E-state index is 0.0966. The monoisotopic (exact) mass is 344 g/mol. The fourth-order valence-electron chi connectivity index (χ4n) is 4.06. The van der Waals surface area contributed by atoms with Gasteiger partial charge in [0.15, 0.2) is 9.84 Å². The van der Waals surface area contributed by atoms with Crippen LogP contribution in [0, 0.1) is 0 Å². The first-order chi connectivity index (χ1) is 11.0. The zero-order valence-corrected chi connectivity index (χ0v) is 15.5. The maximum Gasteiger partial charge on any atom is 0.237 e. The number of amides is 1. The molecule has 5 nitrogen and oxygen atoms in total. The van der Waals surface area contributed by atoms with E-state index in [1.165, 1.54) is 0 Å². The number of carbonyl (C=O) groups is 1. The minimum Gasteiger partial charge on any atom is -0.335 e. The normalized spacial score (nSPS) is 24.4. The molecular formula is C17H32N2O3S. The second kappa shape index (κ2) is 8.47. The van der Waals surface area contributed by atoms with Crippen LogP contribution in [0.3, 0.4) is 0 Å². The van der Waals surface area contributed by atoms with Gasteiger partial charge in [0.25, 0.3) is 0 Å². The Morgan fingerprint density at radius 1 is 1.00 bits per heavy atom. The molecule has 1 unspecified atom stereocenters. The van der Waals surface area contributed by atoms with E-state index in [0.717, 1.165) is 51.6 Å². The SMILES string of the molecule is CCCN(CCC)CC(=O)N(C1CCCC1)C1CCS(=O)(=O)C1. The fraction of sp³-hybridized carbons (Fsp3) is 0.941. The van der Waals surface area contributed by atoms with Gasteiger partial charge in [0.2, 0.25) is 5.91 Å². The van der Waals surface area contributed by atoms with Crippen molar-refractivity contribution in [3.63, 3.8) is 0 Å². The van der Waals surface area contributed by atoms with Crippen molar-refractivity contribution < 1.29 is 13.2 Å². The summed E-state index contributed by atoms with van der Waals surface area (Å²) in [6.45, 7) is 6.56. The standard InChI is InChI=1S/C17H32N2O3S/c1-3-10-18(11-4-2)13-17(20)19(15-7-5-6-8-15)16-9-12-23(21,22)14-16/h15-16H,3-14H2,1-2H3. The lowest BCUT2D eigenvalue weighted by atomic mass is 10.1. The van der Waals surface area contributed by atoms with Crippen LogP contribution >= 0.6 is 0 Å². The average Bonchev–Trinajstić information content (AvgIpc) is 3.10. The fourth-order valence-corrected chi connectivity index (χ4v) is 5.77. The summed E-state index contributed by atoms with van der Waals surface area (Å²) >= 11 is 0. The molecule has 0 N–H and O–H groups in total. The van der Waals surface area contributed by atoms with Crippen molar-refractivity contribution in [2.24, 2.45) is 0 Å². The van der Waals surface area contributed by atoms with Crippen molar-refractivity contribution >= 4 is 15.7 Å².